The SMILES string of the molecule is CC1(C)CCCCC1NC(=O)NC1CCCCC1C(=O)O. The molecule has 5 heteroatoms. The molecule has 2 aliphatic rings. The van der Waals surface area contributed by atoms with Gasteiger partial charge in [-0.05, 0) is 31.1 Å². The fourth-order valence-electron chi connectivity index (χ4n) is 3.73. The van der Waals surface area contributed by atoms with Crippen LogP contribution in [0.25, 0.3) is 0 Å². The van der Waals surface area contributed by atoms with Crippen molar-refractivity contribution < 1.29 is 14.7 Å². The summed E-state index contributed by atoms with van der Waals surface area (Å²) in [5.74, 6) is -1.23. The zero-order chi connectivity index (χ0) is 15.5. The van der Waals surface area contributed by atoms with E-state index in [9.17, 15) is 14.7 Å². The van der Waals surface area contributed by atoms with E-state index in [2.05, 4.69) is 24.5 Å². The molecular formula is C16H28N2O3. The minimum atomic E-state index is -0.794. The van der Waals surface area contributed by atoms with Crippen molar-refractivity contribution in [3.63, 3.8) is 0 Å². The molecule has 120 valence electrons. The van der Waals surface area contributed by atoms with Crippen molar-refractivity contribution in [2.24, 2.45) is 11.3 Å². The van der Waals surface area contributed by atoms with Gasteiger partial charge in [0.15, 0.2) is 0 Å². The summed E-state index contributed by atoms with van der Waals surface area (Å²) >= 11 is 0. The van der Waals surface area contributed by atoms with E-state index in [1.54, 1.807) is 0 Å². The number of carboxylic acid groups (broad SMARTS) is 1. The molecule has 5 nitrogen and oxygen atoms in total. The molecule has 0 heterocycles. The van der Waals surface area contributed by atoms with E-state index in [0.717, 1.165) is 38.5 Å². The van der Waals surface area contributed by atoms with Crippen LogP contribution in [0.4, 0.5) is 4.79 Å². The number of carboxylic acids is 1. The minimum absolute atomic E-state index is 0.119. The fourth-order valence-corrected chi connectivity index (χ4v) is 3.73. The van der Waals surface area contributed by atoms with Crippen molar-refractivity contribution in [1.29, 1.82) is 0 Å². The number of rotatable bonds is 3. The van der Waals surface area contributed by atoms with Gasteiger partial charge in [0.25, 0.3) is 0 Å². The largest absolute Gasteiger partial charge is 0.481 e. The van der Waals surface area contributed by atoms with Crippen LogP contribution in [-0.4, -0.2) is 29.2 Å². The number of hydrogen-bond donors (Lipinski definition) is 3. The van der Waals surface area contributed by atoms with Gasteiger partial charge < -0.3 is 15.7 Å². The van der Waals surface area contributed by atoms with Gasteiger partial charge in [0.2, 0.25) is 0 Å². The lowest BCUT2D eigenvalue weighted by molar-refractivity contribution is -0.143. The van der Waals surface area contributed by atoms with E-state index in [1.165, 1.54) is 6.42 Å². The second kappa shape index (κ2) is 6.67. The molecule has 2 amide bonds. The number of hydrogen-bond acceptors (Lipinski definition) is 2. The van der Waals surface area contributed by atoms with Gasteiger partial charge in [-0.25, -0.2) is 4.79 Å². The Morgan fingerprint density at radius 2 is 1.67 bits per heavy atom. The van der Waals surface area contributed by atoms with Gasteiger partial charge in [0.1, 0.15) is 0 Å². The van der Waals surface area contributed by atoms with E-state index in [-0.39, 0.29) is 23.5 Å². The molecule has 0 aromatic carbocycles. The molecule has 2 rings (SSSR count). The number of aliphatic carboxylic acids is 1. The third-order valence-electron chi connectivity index (χ3n) is 5.21. The van der Waals surface area contributed by atoms with E-state index in [0.29, 0.717) is 6.42 Å². The second-order valence-corrected chi connectivity index (χ2v) is 7.24. The molecule has 3 atom stereocenters. The molecule has 3 N–H and O–H groups in total. The summed E-state index contributed by atoms with van der Waals surface area (Å²) in [6.07, 6.45) is 7.85. The average Bonchev–Trinajstić information content (AvgIpc) is 2.41. The molecule has 2 aliphatic carbocycles. The van der Waals surface area contributed by atoms with Crippen LogP contribution in [0.15, 0.2) is 0 Å². The summed E-state index contributed by atoms with van der Waals surface area (Å²) in [4.78, 5) is 23.5. The van der Waals surface area contributed by atoms with Crippen molar-refractivity contribution in [3.8, 4) is 0 Å². The van der Waals surface area contributed by atoms with Crippen molar-refractivity contribution in [2.75, 3.05) is 0 Å². The Hall–Kier alpha value is -1.26. The van der Waals surface area contributed by atoms with Gasteiger partial charge in [-0.2, -0.15) is 0 Å². The standard InChI is InChI=1S/C16H28N2O3/c1-16(2)10-6-5-9-13(16)18-15(21)17-12-8-4-3-7-11(12)14(19)20/h11-13H,3-10H2,1-2H3,(H,19,20)(H2,17,18,21). The molecule has 0 spiro atoms. The van der Waals surface area contributed by atoms with Gasteiger partial charge >= 0.3 is 12.0 Å². The molecule has 0 radical (unpaired) electrons. The lowest BCUT2D eigenvalue weighted by atomic mass is 9.73. The first kappa shape index (κ1) is 16.1. The topological polar surface area (TPSA) is 78.4 Å². The summed E-state index contributed by atoms with van der Waals surface area (Å²) < 4.78 is 0. The Balaban J connectivity index is 1.89. The Kier molecular flexibility index (Phi) is 5.12. The van der Waals surface area contributed by atoms with Crippen LogP contribution >= 0.6 is 0 Å². The molecule has 0 aromatic rings. The van der Waals surface area contributed by atoms with Crippen LogP contribution in [-0.2, 0) is 4.79 Å². The van der Waals surface area contributed by atoms with E-state index < -0.39 is 11.9 Å². The maximum absolute atomic E-state index is 12.2. The molecule has 0 bridgehead atoms. The number of carbonyl (C=O) groups excluding carboxylic acids is 1. The van der Waals surface area contributed by atoms with Crippen LogP contribution in [0.3, 0.4) is 0 Å². The number of nitrogens with one attached hydrogen (secondary N) is 2. The smallest absolute Gasteiger partial charge is 0.315 e. The maximum atomic E-state index is 12.2. The average molecular weight is 296 g/mol. The summed E-state index contributed by atoms with van der Waals surface area (Å²) in [7, 11) is 0. The quantitative estimate of drug-likeness (QED) is 0.749. The summed E-state index contributed by atoms with van der Waals surface area (Å²) in [5, 5.41) is 15.2. The Morgan fingerprint density at radius 3 is 2.33 bits per heavy atom. The van der Waals surface area contributed by atoms with Gasteiger partial charge in [-0.15, -0.1) is 0 Å². The third kappa shape index (κ3) is 4.11. The van der Waals surface area contributed by atoms with E-state index in [1.807, 2.05) is 0 Å². The first-order chi connectivity index (χ1) is 9.90. The van der Waals surface area contributed by atoms with Crippen molar-refractivity contribution in [2.45, 2.75) is 77.3 Å². The highest BCUT2D eigenvalue weighted by Crippen LogP contribution is 2.35. The van der Waals surface area contributed by atoms with Gasteiger partial charge in [-0.1, -0.05) is 39.5 Å². The van der Waals surface area contributed by atoms with Crippen molar-refractivity contribution >= 4 is 12.0 Å². The molecule has 2 saturated carbocycles. The van der Waals surface area contributed by atoms with Gasteiger partial charge in [0.05, 0.1) is 5.92 Å². The Bertz CT molecular complexity index is 395. The summed E-state index contributed by atoms with van der Waals surface area (Å²) in [5.41, 5.74) is 0.119. The van der Waals surface area contributed by atoms with Crippen LogP contribution < -0.4 is 10.6 Å². The summed E-state index contributed by atoms with van der Waals surface area (Å²) in [6.45, 7) is 4.38. The zero-order valence-corrected chi connectivity index (χ0v) is 13.2. The molecule has 2 fully saturated rings. The molecule has 0 saturated heterocycles. The normalized spacial score (nSPS) is 32.2. The lowest BCUT2D eigenvalue weighted by Gasteiger charge is -2.39. The number of amides is 2. The molecule has 21 heavy (non-hydrogen) atoms. The Morgan fingerprint density at radius 1 is 1.00 bits per heavy atom. The van der Waals surface area contributed by atoms with Crippen LogP contribution in [0.2, 0.25) is 0 Å². The predicted octanol–water partition coefficient (Wildman–Crippen LogP) is 2.90. The zero-order valence-electron chi connectivity index (χ0n) is 13.2. The molecular weight excluding hydrogens is 268 g/mol. The molecule has 3 unspecified atom stereocenters. The maximum Gasteiger partial charge on any atom is 0.315 e. The highest BCUT2D eigenvalue weighted by atomic mass is 16.4. The first-order valence-corrected chi connectivity index (χ1v) is 8.20. The lowest BCUT2D eigenvalue weighted by Crippen LogP contribution is -2.54. The van der Waals surface area contributed by atoms with Crippen molar-refractivity contribution in [1.82, 2.24) is 10.6 Å². The third-order valence-corrected chi connectivity index (χ3v) is 5.21. The van der Waals surface area contributed by atoms with E-state index in [4.69, 9.17) is 0 Å². The van der Waals surface area contributed by atoms with Gasteiger partial charge in [-0.3, -0.25) is 4.79 Å². The minimum Gasteiger partial charge on any atom is -0.481 e. The first-order valence-electron chi connectivity index (χ1n) is 8.20. The highest BCUT2D eigenvalue weighted by molar-refractivity contribution is 5.77. The van der Waals surface area contributed by atoms with Crippen molar-refractivity contribution in [3.05, 3.63) is 0 Å². The number of urea groups is 1. The monoisotopic (exact) mass is 296 g/mol. The van der Waals surface area contributed by atoms with Crippen LogP contribution in [0.5, 0.6) is 0 Å². The van der Waals surface area contributed by atoms with Crippen LogP contribution in [0.1, 0.15) is 65.2 Å². The molecule has 0 aromatic heterocycles. The fraction of sp³-hybridized carbons (Fsp3) is 0.875. The second-order valence-electron chi connectivity index (χ2n) is 7.24. The van der Waals surface area contributed by atoms with E-state index >= 15 is 0 Å². The van der Waals surface area contributed by atoms with Crippen LogP contribution in [0, 0.1) is 11.3 Å². The number of carbonyl (C=O) groups is 2. The predicted molar refractivity (Wildman–Crippen MR) is 81.1 cm³/mol. The van der Waals surface area contributed by atoms with Gasteiger partial charge in [0, 0.05) is 12.1 Å². The highest BCUT2D eigenvalue weighted by Gasteiger charge is 2.35. The summed E-state index contributed by atoms with van der Waals surface area (Å²) in [6, 6.07) is -0.255. The Labute approximate surface area is 126 Å². The molecule has 0 aliphatic heterocycles.